The molecule has 134 valence electrons. The summed E-state index contributed by atoms with van der Waals surface area (Å²) < 4.78 is 20.1. The summed E-state index contributed by atoms with van der Waals surface area (Å²) in [4.78, 5) is 20.9. The van der Waals surface area contributed by atoms with Gasteiger partial charge in [0.05, 0.1) is 11.9 Å². The number of anilines is 2. The molecule has 1 amide bonds. The van der Waals surface area contributed by atoms with Crippen LogP contribution in [-0.2, 0) is 6.67 Å². The molecular formula is C16H16FN7O2. The second-order valence-corrected chi connectivity index (χ2v) is 5.80. The van der Waals surface area contributed by atoms with Crippen molar-refractivity contribution in [2.75, 3.05) is 24.1 Å². The third-order valence-corrected chi connectivity index (χ3v) is 4.00. The summed E-state index contributed by atoms with van der Waals surface area (Å²) in [6.07, 6.45) is 4.62. The van der Waals surface area contributed by atoms with E-state index in [0.717, 1.165) is 13.1 Å². The molecule has 4 N–H and O–H groups in total. The Bertz CT molecular complexity index is 970. The first kappa shape index (κ1) is 16.2. The average molecular weight is 357 g/mol. The molecule has 3 aromatic heterocycles. The Labute approximate surface area is 147 Å². The van der Waals surface area contributed by atoms with Gasteiger partial charge >= 0.3 is 0 Å². The van der Waals surface area contributed by atoms with Crippen LogP contribution in [0.3, 0.4) is 0 Å². The van der Waals surface area contributed by atoms with Gasteiger partial charge in [0.15, 0.2) is 11.5 Å². The average Bonchev–Trinajstić information content (AvgIpc) is 2.94. The van der Waals surface area contributed by atoms with Crippen molar-refractivity contribution < 1.29 is 13.9 Å². The standard InChI is InChI=1S/C16H16FN7O2/c17-5-9-2-4-24-15(21-9)13(14(18)23-24)16(25)22-11-8-19-3-1-12(11)26-10-6-20-7-10/h1-4,8,10,20H,5-7H2,(H2,18,23)(H,22,25). The van der Waals surface area contributed by atoms with Crippen molar-refractivity contribution in [1.29, 1.82) is 0 Å². The molecule has 0 bridgehead atoms. The van der Waals surface area contributed by atoms with Crippen molar-refractivity contribution in [3.63, 3.8) is 0 Å². The van der Waals surface area contributed by atoms with Crippen LogP contribution in [0, 0.1) is 0 Å². The lowest BCUT2D eigenvalue weighted by atomic mass is 10.2. The maximum absolute atomic E-state index is 12.9. The van der Waals surface area contributed by atoms with Crippen LogP contribution in [0.4, 0.5) is 15.9 Å². The zero-order valence-corrected chi connectivity index (χ0v) is 13.6. The fourth-order valence-electron chi connectivity index (χ4n) is 2.56. The number of nitrogens with zero attached hydrogens (tertiary/aromatic N) is 4. The lowest BCUT2D eigenvalue weighted by molar-refractivity contribution is 0.102. The first-order valence-corrected chi connectivity index (χ1v) is 7.98. The number of aromatic nitrogens is 4. The number of pyridine rings is 1. The van der Waals surface area contributed by atoms with E-state index in [-0.39, 0.29) is 28.8 Å². The number of amides is 1. The van der Waals surface area contributed by atoms with Crippen LogP contribution in [-0.4, -0.2) is 44.7 Å². The summed E-state index contributed by atoms with van der Waals surface area (Å²) in [7, 11) is 0. The summed E-state index contributed by atoms with van der Waals surface area (Å²) in [5.41, 5.74) is 6.72. The van der Waals surface area contributed by atoms with E-state index in [1.165, 1.54) is 23.0 Å². The lowest BCUT2D eigenvalue weighted by Gasteiger charge is -2.28. The number of hydrogen-bond acceptors (Lipinski definition) is 7. The normalized spacial score (nSPS) is 14.2. The molecule has 0 radical (unpaired) electrons. The quantitative estimate of drug-likeness (QED) is 0.617. The highest BCUT2D eigenvalue weighted by Gasteiger charge is 2.23. The molecule has 0 aliphatic carbocycles. The minimum Gasteiger partial charge on any atom is -0.485 e. The van der Waals surface area contributed by atoms with Crippen LogP contribution >= 0.6 is 0 Å². The minimum atomic E-state index is -0.751. The van der Waals surface area contributed by atoms with Crippen molar-refractivity contribution in [3.05, 3.63) is 42.0 Å². The van der Waals surface area contributed by atoms with Gasteiger partial charge in [0.2, 0.25) is 0 Å². The first-order valence-electron chi connectivity index (χ1n) is 7.98. The molecule has 0 spiro atoms. The third-order valence-electron chi connectivity index (χ3n) is 4.00. The fourth-order valence-corrected chi connectivity index (χ4v) is 2.56. The second-order valence-electron chi connectivity index (χ2n) is 5.80. The van der Waals surface area contributed by atoms with Crippen molar-refractivity contribution in [2.45, 2.75) is 12.8 Å². The van der Waals surface area contributed by atoms with Gasteiger partial charge in [-0.1, -0.05) is 0 Å². The Hall–Kier alpha value is -3.27. The van der Waals surface area contributed by atoms with Crippen LogP contribution in [0.1, 0.15) is 16.1 Å². The molecule has 0 unspecified atom stereocenters. The molecule has 9 nitrogen and oxygen atoms in total. The molecule has 3 aromatic rings. The van der Waals surface area contributed by atoms with Crippen molar-refractivity contribution in [2.24, 2.45) is 0 Å². The Morgan fingerprint density at radius 2 is 2.31 bits per heavy atom. The fraction of sp³-hybridized carbons (Fsp3) is 0.250. The molecule has 0 saturated carbocycles. The van der Waals surface area contributed by atoms with Gasteiger partial charge in [0, 0.05) is 31.5 Å². The summed E-state index contributed by atoms with van der Waals surface area (Å²) >= 11 is 0. The van der Waals surface area contributed by atoms with Crippen LogP contribution in [0.2, 0.25) is 0 Å². The minimum absolute atomic E-state index is 0.000518. The summed E-state index contributed by atoms with van der Waals surface area (Å²) in [5, 5.41) is 9.87. The molecule has 1 saturated heterocycles. The SMILES string of the molecule is Nc1nn2ccc(CF)nc2c1C(=O)Nc1cnccc1OC1CNC1. The molecule has 10 heteroatoms. The number of alkyl halides is 1. The second kappa shape index (κ2) is 6.56. The number of fused-ring (bicyclic) bond motifs is 1. The van der Waals surface area contributed by atoms with E-state index in [1.807, 2.05) is 0 Å². The molecule has 1 fully saturated rings. The van der Waals surface area contributed by atoms with E-state index in [1.54, 1.807) is 12.3 Å². The van der Waals surface area contributed by atoms with Gasteiger partial charge in [-0.15, -0.1) is 5.10 Å². The van der Waals surface area contributed by atoms with Gasteiger partial charge in [-0.2, -0.15) is 0 Å². The molecule has 26 heavy (non-hydrogen) atoms. The van der Waals surface area contributed by atoms with Gasteiger partial charge in [0.1, 0.15) is 29.8 Å². The maximum atomic E-state index is 12.9. The van der Waals surface area contributed by atoms with Gasteiger partial charge in [-0.05, 0) is 6.07 Å². The van der Waals surface area contributed by atoms with Crippen LogP contribution in [0.15, 0.2) is 30.7 Å². The number of halogens is 1. The molecule has 1 aliphatic rings. The number of hydrogen-bond donors (Lipinski definition) is 3. The number of nitrogens with two attached hydrogens (primary N) is 1. The summed E-state index contributed by atoms with van der Waals surface area (Å²) in [6.45, 7) is 0.734. The monoisotopic (exact) mass is 357 g/mol. The smallest absolute Gasteiger partial charge is 0.263 e. The van der Waals surface area contributed by atoms with Crippen LogP contribution in [0.5, 0.6) is 5.75 Å². The highest BCUT2D eigenvalue weighted by atomic mass is 19.1. The van der Waals surface area contributed by atoms with Crippen LogP contribution in [0.25, 0.3) is 5.65 Å². The van der Waals surface area contributed by atoms with Crippen molar-refractivity contribution in [3.8, 4) is 5.75 Å². The Morgan fingerprint density at radius 3 is 3.04 bits per heavy atom. The molecule has 4 heterocycles. The maximum Gasteiger partial charge on any atom is 0.263 e. The number of ether oxygens (including phenoxy) is 1. The topological polar surface area (TPSA) is 119 Å². The number of carbonyl (C=O) groups is 1. The van der Waals surface area contributed by atoms with Gasteiger partial charge in [-0.25, -0.2) is 13.9 Å². The zero-order valence-electron chi connectivity index (χ0n) is 13.6. The Balaban J connectivity index is 1.65. The highest BCUT2D eigenvalue weighted by Crippen LogP contribution is 2.26. The predicted octanol–water partition coefficient (Wildman–Crippen LogP) is 0.779. The van der Waals surface area contributed by atoms with E-state index < -0.39 is 12.6 Å². The highest BCUT2D eigenvalue weighted by molar-refractivity contribution is 6.12. The predicted molar refractivity (Wildman–Crippen MR) is 91.7 cm³/mol. The number of carbonyl (C=O) groups excluding carboxylic acids is 1. The summed E-state index contributed by atoms with van der Waals surface area (Å²) in [6, 6.07) is 3.15. The van der Waals surface area contributed by atoms with Crippen molar-refractivity contribution in [1.82, 2.24) is 24.9 Å². The molecule has 1 aliphatic heterocycles. The molecule has 0 atom stereocenters. The summed E-state index contributed by atoms with van der Waals surface area (Å²) in [5.74, 6) is -0.0153. The van der Waals surface area contributed by atoms with Crippen LogP contribution < -0.4 is 21.1 Å². The molecule has 4 rings (SSSR count). The lowest BCUT2D eigenvalue weighted by Crippen LogP contribution is -2.50. The van der Waals surface area contributed by atoms with E-state index >= 15 is 0 Å². The first-order chi connectivity index (χ1) is 12.7. The number of rotatable bonds is 5. The largest absolute Gasteiger partial charge is 0.485 e. The Kier molecular flexibility index (Phi) is 4.09. The number of nitrogen functional groups attached to an aromatic ring is 1. The molecule has 0 aromatic carbocycles. The van der Waals surface area contributed by atoms with Crippen molar-refractivity contribution >= 4 is 23.1 Å². The Morgan fingerprint density at radius 1 is 1.46 bits per heavy atom. The van der Waals surface area contributed by atoms with E-state index in [0.29, 0.717) is 11.4 Å². The molecular weight excluding hydrogens is 341 g/mol. The number of nitrogens with one attached hydrogen (secondary N) is 2. The zero-order chi connectivity index (χ0) is 18.1. The van der Waals surface area contributed by atoms with Gasteiger partial charge in [-0.3, -0.25) is 9.78 Å². The third kappa shape index (κ3) is 2.90. The van der Waals surface area contributed by atoms with E-state index in [4.69, 9.17) is 10.5 Å². The van der Waals surface area contributed by atoms with Gasteiger partial charge < -0.3 is 21.1 Å². The van der Waals surface area contributed by atoms with E-state index in [9.17, 15) is 9.18 Å². The van der Waals surface area contributed by atoms with E-state index in [2.05, 4.69) is 25.7 Å². The van der Waals surface area contributed by atoms with Gasteiger partial charge in [0.25, 0.3) is 5.91 Å².